The predicted molar refractivity (Wildman–Crippen MR) is 127 cm³/mol. The molecule has 0 fully saturated rings. The van der Waals surface area contributed by atoms with Gasteiger partial charge in [-0.25, -0.2) is 8.42 Å². The summed E-state index contributed by atoms with van der Waals surface area (Å²) in [5.41, 5.74) is 7.01. The number of thiocarbonyl (C=S) groups is 1. The lowest BCUT2D eigenvalue weighted by atomic mass is 10.0. The van der Waals surface area contributed by atoms with Crippen molar-refractivity contribution >= 4 is 39.0 Å². The van der Waals surface area contributed by atoms with E-state index in [1.807, 2.05) is 44.2 Å². The molecular weight excluding hydrogens is 448 g/mol. The summed E-state index contributed by atoms with van der Waals surface area (Å²) in [7, 11) is -3.97. The van der Waals surface area contributed by atoms with Crippen molar-refractivity contribution in [3.8, 4) is 0 Å². The molecule has 10 heteroatoms. The zero-order valence-corrected chi connectivity index (χ0v) is 19.6. The fraction of sp³-hybridized carbons (Fsp3) is 0.318. The first-order valence-electron chi connectivity index (χ1n) is 10.1. The monoisotopic (exact) mass is 476 g/mol. The second-order valence-electron chi connectivity index (χ2n) is 7.67. The summed E-state index contributed by atoms with van der Waals surface area (Å²) < 4.78 is 28.0. The molecule has 32 heavy (non-hydrogen) atoms. The van der Waals surface area contributed by atoms with Gasteiger partial charge in [-0.15, -0.1) is 0 Å². The fourth-order valence-electron chi connectivity index (χ4n) is 2.88. The lowest BCUT2D eigenvalue weighted by Gasteiger charge is -2.20. The van der Waals surface area contributed by atoms with Crippen molar-refractivity contribution in [1.82, 2.24) is 15.4 Å². The van der Waals surface area contributed by atoms with Gasteiger partial charge in [-0.05, 0) is 30.0 Å². The van der Waals surface area contributed by atoms with Gasteiger partial charge in [0.25, 0.3) is 0 Å². The number of benzene rings is 2. The molecule has 0 aliphatic carbocycles. The van der Waals surface area contributed by atoms with Crippen LogP contribution in [0.5, 0.6) is 0 Å². The van der Waals surface area contributed by atoms with Gasteiger partial charge in [0.15, 0.2) is 0 Å². The standard InChI is InChI=1S/C22H28N4O4S2/c1-15(2)12-19(26-32(29,30)18-10-8-17(9-11-18)21(23)31)22(28)25-14-20(27)24-13-16-6-4-3-5-7-16/h3-11,15,19,26H,12-14H2,1-2H3,(H2,23,31)(H,24,27)(H,25,28)/t19-/m0/s1. The van der Waals surface area contributed by atoms with Crippen molar-refractivity contribution in [1.29, 1.82) is 0 Å². The summed E-state index contributed by atoms with van der Waals surface area (Å²) >= 11 is 4.87. The molecule has 0 unspecified atom stereocenters. The third-order valence-electron chi connectivity index (χ3n) is 4.53. The third-order valence-corrected chi connectivity index (χ3v) is 6.25. The van der Waals surface area contributed by atoms with Gasteiger partial charge in [0.2, 0.25) is 21.8 Å². The molecule has 0 saturated carbocycles. The largest absolute Gasteiger partial charge is 0.389 e. The number of rotatable bonds is 11. The highest BCUT2D eigenvalue weighted by Crippen LogP contribution is 2.14. The highest BCUT2D eigenvalue weighted by atomic mass is 32.2. The summed E-state index contributed by atoms with van der Waals surface area (Å²) in [6.45, 7) is 3.82. The predicted octanol–water partition coefficient (Wildman–Crippen LogP) is 1.45. The molecule has 2 rings (SSSR count). The van der Waals surface area contributed by atoms with Crippen molar-refractivity contribution in [3.05, 3.63) is 65.7 Å². The smallest absolute Gasteiger partial charge is 0.241 e. The zero-order chi connectivity index (χ0) is 23.7. The molecular formula is C22H28N4O4S2. The minimum absolute atomic E-state index is 0.0142. The average Bonchev–Trinajstić information content (AvgIpc) is 2.75. The number of nitrogens with one attached hydrogen (secondary N) is 3. The van der Waals surface area contributed by atoms with E-state index in [0.29, 0.717) is 12.1 Å². The summed E-state index contributed by atoms with van der Waals surface area (Å²) in [6.07, 6.45) is 0.266. The van der Waals surface area contributed by atoms with Crippen LogP contribution in [-0.4, -0.2) is 37.8 Å². The first-order chi connectivity index (χ1) is 15.1. The molecule has 2 aromatic carbocycles. The van der Waals surface area contributed by atoms with Crippen LogP contribution in [-0.2, 0) is 26.2 Å². The number of hydrogen-bond acceptors (Lipinski definition) is 5. The van der Waals surface area contributed by atoms with Gasteiger partial charge in [-0.1, -0.05) is 68.5 Å². The van der Waals surface area contributed by atoms with Crippen molar-refractivity contribution in [2.45, 2.75) is 37.8 Å². The molecule has 0 radical (unpaired) electrons. The van der Waals surface area contributed by atoms with E-state index in [2.05, 4.69) is 15.4 Å². The number of nitrogens with two attached hydrogens (primary N) is 1. The Bertz CT molecular complexity index is 1040. The van der Waals surface area contributed by atoms with E-state index in [1.54, 1.807) is 0 Å². The van der Waals surface area contributed by atoms with Crippen LogP contribution >= 0.6 is 12.2 Å². The fourth-order valence-corrected chi connectivity index (χ4v) is 4.23. The SMILES string of the molecule is CC(C)C[C@H](NS(=O)(=O)c1ccc(C(N)=S)cc1)C(=O)NCC(=O)NCc1ccccc1. The van der Waals surface area contributed by atoms with Crippen molar-refractivity contribution in [2.75, 3.05) is 6.54 Å². The number of carbonyl (C=O) groups excluding carboxylic acids is 2. The first kappa shape index (κ1) is 25.4. The Hall–Kier alpha value is -2.82. The van der Waals surface area contributed by atoms with E-state index < -0.39 is 22.0 Å². The molecule has 2 amide bonds. The van der Waals surface area contributed by atoms with E-state index in [9.17, 15) is 18.0 Å². The van der Waals surface area contributed by atoms with Gasteiger partial charge in [0, 0.05) is 12.1 Å². The van der Waals surface area contributed by atoms with Crippen LogP contribution in [0.15, 0.2) is 59.5 Å². The maximum Gasteiger partial charge on any atom is 0.241 e. The Balaban J connectivity index is 1.99. The maximum absolute atomic E-state index is 12.8. The minimum atomic E-state index is -3.97. The summed E-state index contributed by atoms with van der Waals surface area (Å²) in [5, 5.41) is 5.22. The Morgan fingerprint density at radius 2 is 1.62 bits per heavy atom. The van der Waals surface area contributed by atoms with Crippen LogP contribution in [0.25, 0.3) is 0 Å². The second kappa shape index (κ2) is 11.7. The molecule has 8 nitrogen and oxygen atoms in total. The molecule has 0 aliphatic rings. The van der Waals surface area contributed by atoms with Crippen LogP contribution in [0.4, 0.5) is 0 Å². The second-order valence-corrected chi connectivity index (χ2v) is 9.83. The van der Waals surface area contributed by atoms with E-state index >= 15 is 0 Å². The molecule has 0 spiro atoms. The Morgan fingerprint density at radius 3 is 2.19 bits per heavy atom. The number of carbonyl (C=O) groups is 2. The highest BCUT2D eigenvalue weighted by molar-refractivity contribution is 7.89. The third kappa shape index (κ3) is 8.03. The maximum atomic E-state index is 12.8. The normalized spacial score (nSPS) is 12.2. The van der Waals surface area contributed by atoms with Crippen LogP contribution < -0.4 is 21.1 Å². The lowest BCUT2D eigenvalue weighted by Crippen LogP contribution is -2.49. The van der Waals surface area contributed by atoms with Crippen molar-refractivity contribution < 1.29 is 18.0 Å². The molecule has 0 saturated heterocycles. The van der Waals surface area contributed by atoms with Crippen LogP contribution in [0.2, 0.25) is 0 Å². The van der Waals surface area contributed by atoms with E-state index in [4.69, 9.17) is 18.0 Å². The molecule has 0 heterocycles. The van der Waals surface area contributed by atoms with E-state index in [0.717, 1.165) is 5.56 Å². The highest BCUT2D eigenvalue weighted by Gasteiger charge is 2.26. The van der Waals surface area contributed by atoms with E-state index in [1.165, 1.54) is 24.3 Å². The van der Waals surface area contributed by atoms with Gasteiger partial charge >= 0.3 is 0 Å². The molecule has 2 aromatic rings. The lowest BCUT2D eigenvalue weighted by molar-refractivity contribution is -0.127. The first-order valence-corrected chi connectivity index (χ1v) is 12.0. The zero-order valence-electron chi connectivity index (χ0n) is 18.0. The molecule has 5 N–H and O–H groups in total. The van der Waals surface area contributed by atoms with Gasteiger partial charge in [0.1, 0.15) is 11.0 Å². The van der Waals surface area contributed by atoms with Crippen molar-refractivity contribution in [2.24, 2.45) is 11.7 Å². The Morgan fingerprint density at radius 1 is 1.00 bits per heavy atom. The Labute approximate surface area is 194 Å². The van der Waals surface area contributed by atoms with Gasteiger partial charge in [-0.3, -0.25) is 9.59 Å². The summed E-state index contributed by atoms with van der Waals surface area (Å²) in [6, 6.07) is 14.1. The molecule has 0 bridgehead atoms. The molecule has 0 aromatic heterocycles. The topological polar surface area (TPSA) is 130 Å². The molecule has 172 valence electrons. The molecule has 0 aliphatic heterocycles. The number of hydrogen-bond donors (Lipinski definition) is 4. The van der Waals surface area contributed by atoms with Crippen LogP contribution in [0.1, 0.15) is 31.4 Å². The Kier molecular flexibility index (Phi) is 9.30. The average molecular weight is 477 g/mol. The number of sulfonamides is 1. The van der Waals surface area contributed by atoms with Crippen LogP contribution in [0, 0.1) is 5.92 Å². The van der Waals surface area contributed by atoms with Gasteiger partial charge in [-0.2, -0.15) is 4.72 Å². The van der Waals surface area contributed by atoms with Crippen LogP contribution in [0.3, 0.4) is 0 Å². The number of amides is 2. The van der Waals surface area contributed by atoms with Gasteiger partial charge in [0.05, 0.1) is 11.4 Å². The van der Waals surface area contributed by atoms with Crippen molar-refractivity contribution in [3.63, 3.8) is 0 Å². The quantitative estimate of drug-likeness (QED) is 0.363. The summed E-state index contributed by atoms with van der Waals surface area (Å²) in [5.74, 6) is -0.907. The summed E-state index contributed by atoms with van der Waals surface area (Å²) in [4.78, 5) is 24.9. The van der Waals surface area contributed by atoms with E-state index in [-0.39, 0.29) is 34.7 Å². The molecule has 1 atom stereocenters. The van der Waals surface area contributed by atoms with Gasteiger partial charge < -0.3 is 16.4 Å². The minimum Gasteiger partial charge on any atom is -0.389 e.